The molecule has 30 heavy (non-hydrogen) atoms. The zero-order chi connectivity index (χ0) is 21.8. The van der Waals surface area contributed by atoms with Crippen LogP contribution in [0, 0.1) is 13.8 Å². The first-order valence-corrected chi connectivity index (χ1v) is 10.1. The van der Waals surface area contributed by atoms with E-state index in [1.165, 1.54) is 7.11 Å². The minimum atomic E-state index is -0.505. The molecule has 1 amide bonds. The molecule has 0 unspecified atom stereocenters. The summed E-state index contributed by atoms with van der Waals surface area (Å²) in [5.74, 6) is 0.772. The third kappa shape index (κ3) is 4.44. The molecule has 0 spiro atoms. The molecular formula is C23H26ClN3O3. The first-order valence-electron chi connectivity index (χ1n) is 9.74. The molecule has 3 rings (SSSR count). The number of hydrogen-bond donors (Lipinski definition) is 1. The van der Waals surface area contributed by atoms with Crippen molar-refractivity contribution in [1.29, 1.82) is 0 Å². The lowest BCUT2D eigenvalue weighted by Gasteiger charge is -2.16. The fraction of sp³-hybridized carbons (Fsp3) is 0.304. The maximum atomic E-state index is 11.7. The lowest BCUT2D eigenvalue weighted by molar-refractivity contribution is 0.187. The predicted molar refractivity (Wildman–Crippen MR) is 119 cm³/mol. The average Bonchev–Trinajstić information content (AvgIpc) is 3.00. The van der Waals surface area contributed by atoms with E-state index in [4.69, 9.17) is 21.1 Å². The van der Waals surface area contributed by atoms with Crippen molar-refractivity contribution in [2.45, 2.75) is 33.8 Å². The number of rotatable bonds is 6. The maximum absolute atomic E-state index is 11.7. The standard InChI is InChI=1S/C23H26ClN3O3/c1-6-16-8-7-9-19(25-23(28)29-5)18(16)13-30-20-11-10-17(12-14(20)2)21-15(3)22(24)27(4)26-21/h7-12H,6,13H2,1-5H3,(H,25,28). The summed E-state index contributed by atoms with van der Waals surface area (Å²) in [6, 6.07) is 11.7. The Morgan fingerprint density at radius 2 is 2.00 bits per heavy atom. The molecule has 0 saturated heterocycles. The smallest absolute Gasteiger partial charge is 0.411 e. The summed E-state index contributed by atoms with van der Waals surface area (Å²) in [4.78, 5) is 11.7. The van der Waals surface area contributed by atoms with Gasteiger partial charge in [0, 0.05) is 23.7 Å². The molecule has 6 nitrogen and oxygen atoms in total. The Kier molecular flexibility index (Phi) is 6.67. The van der Waals surface area contributed by atoms with Crippen molar-refractivity contribution in [1.82, 2.24) is 9.78 Å². The molecule has 0 fully saturated rings. The second-order valence-electron chi connectivity index (χ2n) is 7.07. The van der Waals surface area contributed by atoms with Crippen LogP contribution in [-0.2, 0) is 24.8 Å². The molecule has 0 aliphatic rings. The molecule has 3 aromatic rings. The maximum Gasteiger partial charge on any atom is 0.411 e. The highest BCUT2D eigenvalue weighted by Gasteiger charge is 2.15. The molecule has 7 heteroatoms. The van der Waals surface area contributed by atoms with Gasteiger partial charge in [0.15, 0.2) is 0 Å². The van der Waals surface area contributed by atoms with E-state index in [1.807, 2.05) is 57.3 Å². The molecular weight excluding hydrogens is 402 g/mol. The van der Waals surface area contributed by atoms with E-state index in [1.54, 1.807) is 4.68 Å². The predicted octanol–water partition coefficient (Wildman–Crippen LogP) is 5.68. The van der Waals surface area contributed by atoms with Crippen molar-refractivity contribution in [3.05, 3.63) is 63.8 Å². The van der Waals surface area contributed by atoms with Crippen molar-refractivity contribution in [2.24, 2.45) is 7.05 Å². The Bertz CT molecular complexity index is 1080. The summed E-state index contributed by atoms with van der Waals surface area (Å²) in [5, 5.41) is 7.90. The van der Waals surface area contributed by atoms with Crippen LogP contribution in [0.25, 0.3) is 11.3 Å². The molecule has 1 aromatic heterocycles. The quantitative estimate of drug-likeness (QED) is 0.549. The topological polar surface area (TPSA) is 65.4 Å². The van der Waals surface area contributed by atoms with E-state index in [2.05, 4.69) is 17.3 Å². The number of carbonyl (C=O) groups is 1. The van der Waals surface area contributed by atoms with E-state index < -0.39 is 6.09 Å². The van der Waals surface area contributed by atoms with Gasteiger partial charge in [-0.2, -0.15) is 5.10 Å². The zero-order valence-electron chi connectivity index (χ0n) is 17.9. The van der Waals surface area contributed by atoms with Crippen molar-refractivity contribution in [3.63, 3.8) is 0 Å². The van der Waals surface area contributed by atoms with E-state index in [-0.39, 0.29) is 0 Å². The van der Waals surface area contributed by atoms with Crippen LogP contribution in [0.2, 0.25) is 5.15 Å². The van der Waals surface area contributed by atoms with E-state index in [0.717, 1.165) is 45.7 Å². The number of nitrogens with one attached hydrogen (secondary N) is 1. The second kappa shape index (κ2) is 9.22. The number of halogens is 1. The average molecular weight is 428 g/mol. The third-order valence-electron chi connectivity index (χ3n) is 5.10. The van der Waals surface area contributed by atoms with Gasteiger partial charge in [-0.1, -0.05) is 30.7 Å². The Balaban J connectivity index is 1.84. The van der Waals surface area contributed by atoms with Gasteiger partial charge in [-0.25, -0.2) is 4.79 Å². The van der Waals surface area contributed by atoms with Crippen molar-refractivity contribution < 1.29 is 14.3 Å². The van der Waals surface area contributed by atoms with Gasteiger partial charge >= 0.3 is 6.09 Å². The first kappa shape index (κ1) is 21.7. The number of benzene rings is 2. The van der Waals surface area contributed by atoms with Gasteiger partial charge in [-0.15, -0.1) is 0 Å². The summed E-state index contributed by atoms with van der Waals surface area (Å²) in [6.07, 6.45) is 0.321. The van der Waals surface area contributed by atoms with Crippen LogP contribution in [0.15, 0.2) is 36.4 Å². The van der Waals surface area contributed by atoms with Gasteiger partial charge in [-0.05, 0) is 55.7 Å². The highest BCUT2D eigenvalue weighted by Crippen LogP contribution is 2.31. The van der Waals surface area contributed by atoms with Gasteiger partial charge < -0.3 is 9.47 Å². The molecule has 0 atom stereocenters. The minimum absolute atomic E-state index is 0.331. The minimum Gasteiger partial charge on any atom is -0.489 e. The van der Waals surface area contributed by atoms with Crippen molar-refractivity contribution >= 4 is 23.4 Å². The Morgan fingerprint density at radius 3 is 2.60 bits per heavy atom. The molecule has 0 bridgehead atoms. The van der Waals surface area contributed by atoms with Crippen molar-refractivity contribution in [2.75, 3.05) is 12.4 Å². The monoisotopic (exact) mass is 427 g/mol. The second-order valence-corrected chi connectivity index (χ2v) is 7.43. The van der Waals surface area contributed by atoms with Gasteiger partial charge in [0.1, 0.15) is 17.5 Å². The molecule has 1 N–H and O–H groups in total. The summed E-state index contributed by atoms with van der Waals surface area (Å²) in [5.41, 5.74) is 6.51. The molecule has 0 saturated carbocycles. The third-order valence-corrected chi connectivity index (χ3v) is 5.62. The summed E-state index contributed by atoms with van der Waals surface area (Å²) in [6.45, 7) is 6.36. The molecule has 2 aromatic carbocycles. The first-order chi connectivity index (χ1) is 14.3. The van der Waals surface area contributed by atoms with E-state index >= 15 is 0 Å². The number of carbonyl (C=O) groups excluding carboxylic acids is 1. The number of aromatic nitrogens is 2. The number of methoxy groups -OCH3 is 1. The van der Waals surface area contributed by atoms with Crippen LogP contribution in [0.3, 0.4) is 0 Å². The zero-order valence-corrected chi connectivity index (χ0v) is 18.6. The Hall–Kier alpha value is -2.99. The van der Waals surface area contributed by atoms with E-state index in [0.29, 0.717) is 17.4 Å². The Morgan fingerprint density at radius 1 is 1.23 bits per heavy atom. The normalized spacial score (nSPS) is 10.7. The van der Waals surface area contributed by atoms with Crippen LogP contribution >= 0.6 is 11.6 Å². The van der Waals surface area contributed by atoms with Gasteiger partial charge in [-0.3, -0.25) is 10.00 Å². The number of aryl methyl sites for hydroxylation is 3. The lowest BCUT2D eigenvalue weighted by atomic mass is 10.0. The number of nitrogens with zero attached hydrogens (tertiary/aromatic N) is 2. The molecule has 0 aliphatic heterocycles. The highest BCUT2D eigenvalue weighted by atomic mass is 35.5. The lowest BCUT2D eigenvalue weighted by Crippen LogP contribution is -2.14. The van der Waals surface area contributed by atoms with Crippen molar-refractivity contribution in [3.8, 4) is 17.0 Å². The summed E-state index contributed by atoms with van der Waals surface area (Å²) >= 11 is 6.26. The summed E-state index contributed by atoms with van der Waals surface area (Å²) < 4.78 is 12.5. The van der Waals surface area contributed by atoms with Crippen LogP contribution in [0.1, 0.15) is 29.2 Å². The van der Waals surface area contributed by atoms with Crippen LogP contribution in [0.5, 0.6) is 5.75 Å². The highest BCUT2D eigenvalue weighted by molar-refractivity contribution is 6.30. The van der Waals surface area contributed by atoms with Crippen LogP contribution in [-0.4, -0.2) is 23.0 Å². The van der Waals surface area contributed by atoms with Crippen LogP contribution < -0.4 is 10.1 Å². The number of amides is 1. The summed E-state index contributed by atoms with van der Waals surface area (Å²) in [7, 11) is 3.17. The largest absolute Gasteiger partial charge is 0.489 e. The van der Waals surface area contributed by atoms with Crippen LogP contribution in [0.4, 0.5) is 10.5 Å². The fourth-order valence-electron chi connectivity index (χ4n) is 3.41. The number of hydrogen-bond acceptors (Lipinski definition) is 4. The van der Waals surface area contributed by atoms with Gasteiger partial charge in [0.2, 0.25) is 0 Å². The molecule has 0 aliphatic carbocycles. The number of ether oxygens (including phenoxy) is 2. The molecule has 158 valence electrons. The van der Waals surface area contributed by atoms with Gasteiger partial charge in [0.25, 0.3) is 0 Å². The molecule has 1 heterocycles. The SMILES string of the molecule is CCc1cccc(NC(=O)OC)c1COc1ccc(-c2nn(C)c(Cl)c2C)cc1C. The van der Waals surface area contributed by atoms with Gasteiger partial charge in [0.05, 0.1) is 18.5 Å². The van der Waals surface area contributed by atoms with E-state index in [9.17, 15) is 4.79 Å². The Labute approximate surface area is 181 Å². The number of anilines is 1. The fourth-order valence-corrected chi connectivity index (χ4v) is 3.53. The molecule has 0 radical (unpaired) electrons.